The summed E-state index contributed by atoms with van der Waals surface area (Å²) in [4.78, 5) is 36.3. The minimum absolute atomic E-state index is 0.0195. The van der Waals surface area contributed by atoms with Gasteiger partial charge in [0.2, 0.25) is 11.8 Å². The molecule has 0 aromatic carbocycles. The van der Waals surface area contributed by atoms with E-state index >= 15 is 0 Å². The molecule has 1 rings (SSSR count). The number of nitrogens with one attached hydrogen (secondary N) is 1. The Hall–Kier alpha value is -1.59. The molecule has 0 aliphatic heterocycles. The Labute approximate surface area is 119 Å². The van der Waals surface area contributed by atoms with Crippen molar-refractivity contribution in [1.29, 1.82) is 0 Å². The summed E-state index contributed by atoms with van der Waals surface area (Å²) in [5, 5.41) is 11.8. The smallest absolute Gasteiger partial charge is 0.307 e. The summed E-state index contributed by atoms with van der Waals surface area (Å²) in [5.74, 6) is -2.11. The third-order valence-corrected chi connectivity index (χ3v) is 3.61. The lowest BCUT2D eigenvalue weighted by Gasteiger charge is -2.23. The van der Waals surface area contributed by atoms with E-state index in [1.165, 1.54) is 4.90 Å². The number of nitrogens with zero attached hydrogens (tertiary/aromatic N) is 1. The Morgan fingerprint density at radius 1 is 1.25 bits per heavy atom. The lowest BCUT2D eigenvalue weighted by atomic mass is 9.95. The SMILES string of the molecule is CC(C)CNC(=O)CN(C)C(=O)C1CCCC1C(=O)O. The second kappa shape index (κ2) is 7.26. The van der Waals surface area contributed by atoms with Crippen molar-refractivity contribution in [1.82, 2.24) is 10.2 Å². The number of carboxylic acids is 1. The first-order chi connectivity index (χ1) is 9.32. The van der Waals surface area contributed by atoms with Gasteiger partial charge < -0.3 is 15.3 Å². The van der Waals surface area contributed by atoms with E-state index < -0.39 is 17.8 Å². The predicted molar refractivity (Wildman–Crippen MR) is 74.0 cm³/mol. The Morgan fingerprint density at radius 3 is 2.40 bits per heavy atom. The van der Waals surface area contributed by atoms with Gasteiger partial charge in [0.05, 0.1) is 18.4 Å². The van der Waals surface area contributed by atoms with Gasteiger partial charge >= 0.3 is 5.97 Å². The summed E-state index contributed by atoms with van der Waals surface area (Å²) in [5.41, 5.74) is 0. The molecule has 0 radical (unpaired) electrons. The van der Waals surface area contributed by atoms with Crippen molar-refractivity contribution in [2.24, 2.45) is 17.8 Å². The zero-order valence-electron chi connectivity index (χ0n) is 12.4. The van der Waals surface area contributed by atoms with Gasteiger partial charge in [-0.2, -0.15) is 0 Å². The summed E-state index contributed by atoms with van der Waals surface area (Å²) in [6, 6.07) is 0. The van der Waals surface area contributed by atoms with Crippen LogP contribution in [0.1, 0.15) is 33.1 Å². The van der Waals surface area contributed by atoms with E-state index in [4.69, 9.17) is 5.11 Å². The molecule has 1 aliphatic carbocycles. The van der Waals surface area contributed by atoms with Crippen LogP contribution in [0, 0.1) is 17.8 Å². The highest BCUT2D eigenvalue weighted by Crippen LogP contribution is 2.33. The van der Waals surface area contributed by atoms with Crippen molar-refractivity contribution < 1.29 is 19.5 Å². The zero-order valence-corrected chi connectivity index (χ0v) is 12.4. The Kier molecular flexibility index (Phi) is 5.98. The van der Waals surface area contributed by atoms with Gasteiger partial charge in [0, 0.05) is 13.6 Å². The molecule has 0 bridgehead atoms. The van der Waals surface area contributed by atoms with Gasteiger partial charge in [0.25, 0.3) is 0 Å². The highest BCUT2D eigenvalue weighted by molar-refractivity contribution is 5.88. The van der Waals surface area contributed by atoms with E-state index in [1.807, 2.05) is 13.8 Å². The van der Waals surface area contributed by atoms with Crippen molar-refractivity contribution >= 4 is 17.8 Å². The molecule has 114 valence electrons. The van der Waals surface area contributed by atoms with Crippen molar-refractivity contribution in [3.05, 3.63) is 0 Å². The number of amides is 2. The number of carbonyl (C=O) groups is 3. The molecule has 1 aliphatic rings. The minimum atomic E-state index is -0.918. The first kappa shape index (κ1) is 16.5. The number of hydrogen-bond donors (Lipinski definition) is 2. The van der Waals surface area contributed by atoms with E-state index in [9.17, 15) is 14.4 Å². The van der Waals surface area contributed by atoms with E-state index in [-0.39, 0.29) is 18.4 Å². The summed E-state index contributed by atoms with van der Waals surface area (Å²) in [6.07, 6.45) is 1.88. The van der Waals surface area contributed by atoms with Crippen LogP contribution in [0.4, 0.5) is 0 Å². The fourth-order valence-corrected chi connectivity index (χ4v) is 2.50. The van der Waals surface area contributed by atoms with Gasteiger partial charge in [-0.25, -0.2) is 0 Å². The summed E-state index contributed by atoms with van der Waals surface area (Å²) < 4.78 is 0. The standard InChI is InChI=1S/C14H24N2O4/c1-9(2)7-15-12(17)8-16(3)13(18)10-5-4-6-11(10)14(19)20/h9-11H,4-8H2,1-3H3,(H,15,17)(H,19,20). The maximum absolute atomic E-state index is 12.2. The summed E-state index contributed by atoms with van der Waals surface area (Å²) >= 11 is 0. The largest absolute Gasteiger partial charge is 0.481 e. The van der Waals surface area contributed by atoms with Crippen LogP contribution < -0.4 is 5.32 Å². The normalized spacial score (nSPS) is 21.8. The highest BCUT2D eigenvalue weighted by atomic mass is 16.4. The molecule has 2 unspecified atom stereocenters. The Balaban J connectivity index is 2.50. The fraction of sp³-hybridized carbons (Fsp3) is 0.786. The first-order valence-electron chi connectivity index (χ1n) is 7.07. The molecular formula is C14H24N2O4. The first-order valence-corrected chi connectivity index (χ1v) is 7.07. The quantitative estimate of drug-likeness (QED) is 0.752. The lowest BCUT2D eigenvalue weighted by molar-refractivity contribution is -0.149. The molecule has 0 aromatic rings. The molecule has 20 heavy (non-hydrogen) atoms. The van der Waals surface area contributed by atoms with Crippen LogP contribution in [0.5, 0.6) is 0 Å². The fourth-order valence-electron chi connectivity index (χ4n) is 2.50. The van der Waals surface area contributed by atoms with Crippen LogP contribution >= 0.6 is 0 Å². The number of rotatable bonds is 6. The van der Waals surface area contributed by atoms with Crippen molar-refractivity contribution in [3.8, 4) is 0 Å². The number of carbonyl (C=O) groups excluding carboxylic acids is 2. The topological polar surface area (TPSA) is 86.7 Å². The molecule has 1 fully saturated rings. The molecule has 0 aromatic heterocycles. The van der Waals surface area contributed by atoms with Crippen LogP contribution in [0.2, 0.25) is 0 Å². The molecule has 0 spiro atoms. The van der Waals surface area contributed by atoms with Gasteiger partial charge in [-0.15, -0.1) is 0 Å². The van der Waals surface area contributed by atoms with Crippen LogP contribution in [0.15, 0.2) is 0 Å². The average Bonchev–Trinajstić information content (AvgIpc) is 2.84. The van der Waals surface area contributed by atoms with Gasteiger partial charge in [-0.05, 0) is 18.8 Å². The Bertz CT molecular complexity index is 381. The van der Waals surface area contributed by atoms with Crippen LogP contribution in [-0.2, 0) is 14.4 Å². The molecule has 2 atom stereocenters. The summed E-state index contributed by atoms with van der Waals surface area (Å²) in [7, 11) is 1.55. The molecule has 6 nitrogen and oxygen atoms in total. The molecular weight excluding hydrogens is 260 g/mol. The Morgan fingerprint density at radius 2 is 1.85 bits per heavy atom. The number of carboxylic acid groups (broad SMARTS) is 1. The third-order valence-electron chi connectivity index (χ3n) is 3.61. The van der Waals surface area contributed by atoms with Crippen LogP contribution in [0.3, 0.4) is 0 Å². The molecule has 2 amide bonds. The van der Waals surface area contributed by atoms with E-state index in [2.05, 4.69) is 5.32 Å². The van der Waals surface area contributed by atoms with E-state index in [0.717, 1.165) is 6.42 Å². The third kappa shape index (κ3) is 4.51. The second-order valence-electron chi connectivity index (χ2n) is 5.87. The van der Waals surface area contributed by atoms with Crippen LogP contribution in [0.25, 0.3) is 0 Å². The van der Waals surface area contributed by atoms with Crippen molar-refractivity contribution in [2.45, 2.75) is 33.1 Å². The van der Waals surface area contributed by atoms with Gasteiger partial charge in [0.15, 0.2) is 0 Å². The summed E-state index contributed by atoms with van der Waals surface area (Å²) in [6.45, 7) is 4.53. The lowest BCUT2D eigenvalue weighted by Crippen LogP contribution is -2.43. The van der Waals surface area contributed by atoms with Gasteiger partial charge in [-0.3, -0.25) is 14.4 Å². The number of hydrogen-bond acceptors (Lipinski definition) is 3. The minimum Gasteiger partial charge on any atom is -0.481 e. The van der Waals surface area contributed by atoms with Crippen LogP contribution in [-0.4, -0.2) is 47.9 Å². The number of likely N-dealkylation sites (N-methyl/N-ethyl adjacent to an activating group) is 1. The molecule has 1 saturated carbocycles. The number of aliphatic carboxylic acids is 1. The maximum Gasteiger partial charge on any atom is 0.307 e. The van der Waals surface area contributed by atoms with Crippen molar-refractivity contribution in [2.75, 3.05) is 20.1 Å². The zero-order chi connectivity index (χ0) is 15.3. The van der Waals surface area contributed by atoms with E-state index in [1.54, 1.807) is 7.05 Å². The van der Waals surface area contributed by atoms with Crippen molar-refractivity contribution in [3.63, 3.8) is 0 Å². The maximum atomic E-state index is 12.2. The molecule has 6 heteroatoms. The molecule has 0 saturated heterocycles. The van der Waals surface area contributed by atoms with Gasteiger partial charge in [-0.1, -0.05) is 20.3 Å². The average molecular weight is 284 g/mol. The monoisotopic (exact) mass is 284 g/mol. The van der Waals surface area contributed by atoms with E-state index in [0.29, 0.717) is 25.3 Å². The molecule has 2 N–H and O–H groups in total. The highest BCUT2D eigenvalue weighted by Gasteiger charge is 2.39. The molecule has 0 heterocycles. The predicted octanol–water partition coefficient (Wildman–Crippen LogP) is 0.718. The second-order valence-corrected chi connectivity index (χ2v) is 5.87. The van der Waals surface area contributed by atoms with Gasteiger partial charge in [0.1, 0.15) is 0 Å².